The molecule has 0 radical (unpaired) electrons. The van der Waals surface area contributed by atoms with Gasteiger partial charge in [0.15, 0.2) is 0 Å². The Hall–Kier alpha value is -1.87. The zero-order valence-electron chi connectivity index (χ0n) is 12.2. The lowest BCUT2D eigenvalue weighted by Crippen LogP contribution is -2.22. The van der Waals surface area contributed by atoms with Crippen LogP contribution in [0.25, 0.3) is 0 Å². The summed E-state index contributed by atoms with van der Waals surface area (Å²) < 4.78 is 13.8. The van der Waals surface area contributed by atoms with Gasteiger partial charge < -0.3 is 5.73 Å². The fourth-order valence-electron chi connectivity index (χ4n) is 2.31. The molecule has 2 aromatic carbocycles. The summed E-state index contributed by atoms with van der Waals surface area (Å²) in [6.45, 7) is 4.78. The fraction of sp³-hybridized carbons (Fsp3) is 0.294. The highest BCUT2D eigenvalue weighted by Crippen LogP contribution is 2.23. The normalized spacial score (nSPS) is 12.7. The number of nitrogens with two attached hydrogens (primary N) is 1. The van der Waals surface area contributed by atoms with Gasteiger partial charge in [-0.05, 0) is 44.2 Å². The molecule has 2 nitrogen and oxygen atoms in total. The number of hydrogen-bond acceptors (Lipinski definition) is 2. The summed E-state index contributed by atoms with van der Waals surface area (Å²) in [6, 6.07) is 13.0. The minimum absolute atomic E-state index is 0.0223. The van der Waals surface area contributed by atoms with Gasteiger partial charge in [-0.1, -0.05) is 30.3 Å². The molecule has 0 aromatic heterocycles. The van der Waals surface area contributed by atoms with Crippen LogP contribution in [0.4, 0.5) is 10.1 Å². The Morgan fingerprint density at radius 2 is 1.90 bits per heavy atom. The van der Waals surface area contributed by atoms with Crippen LogP contribution in [0.15, 0.2) is 42.5 Å². The molecule has 1 atom stereocenters. The Labute approximate surface area is 120 Å². The predicted octanol–water partition coefficient (Wildman–Crippen LogP) is 3.91. The average molecular weight is 272 g/mol. The third kappa shape index (κ3) is 3.17. The number of benzene rings is 2. The van der Waals surface area contributed by atoms with Crippen molar-refractivity contribution in [2.24, 2.45) is 0 Å². The van der Waals surface area contributed by atoms with Crippen molar-refractivity contribution in [3.63, 3.8) is 0 Å². The number of hydrogen-bond donors (Lipinski definition) is 1. The molecule has 0 aliphatic carbocycles. The van der Waals surface area contributed by atoms with Gasteiger partial charge >= 0.3 is 0 Å². The molecule has 0 spiro atoms. The van der Waals surface area contributed by atoms with E-state index in [1.54, 1.807) is 6.07 Å². The zero-order chi connectivity index (χ0) is 14.7. The van der Waals surface area contributed by atoms with Crippen molar-refractivity contribution < 1.29 is 4.39 Å². The van der Waals surface area contributed by atoms with Gasteiger partial charge in [0.25, 0.3) is 0 Å². The van der Waals surface area contributed by atoms with Crippen molar-refractivity contribution in [1.29, 1.82) is 0 Å². The summed E-state index contributed by atoms with van der Waals surface area (Å²) in [4.78, 5) is 2.13. The van der Waals surface area contributed by atoms with Crippen molar-refractivity contribution in [3.8, 4) is 0 Å². The molecule has 0 fully saturated rings. The van der Waals surface area contributed by atoms with E-state index in [2.05, 4.69) is 11.0 Å². The minimum atomic E-state index is -0.152. The van der Waals surface area contributed by atoms with Crippen LogP contribution in [0.5, 0.6) is 0 Å². The molecule has 3 heteroatoms. The Bertz CT molecular complexity index is 595. The smallest absolute Gasteiger partial charge is 0.127 e. The molecule has 0 amide bonds. The lowest BCUT2D eigenvalue weighted by molar-refractivity contribution is 0.248. The first-order chi connectivity index (χ1) is 9.49. The summed E-state index contributed by atoms with van der Waals surface area (Å²) in [5.41, 5.74) is 9.62. The number of nitrogens with zero attached hydrogens (tertiary/aromatic N) is 1. The minimum Gasteiger partial charge on any atom is -0.399 e. The van der Waals surface area contributed by atoms with E-state index in [0.29, 0.717) is 0 Å². The number of anilines is 1. The predicted molar refractivity (Wildman–Crippen MR) is 81.9 cm³/mol. The van der Waals surface area contributed by atoms with Gasteiger partial charge in [0, 0.05) is 23.8 Å². The molecule has 20 heavy (non-hydrogen) atoms. The molecule has 2 N–H and O–H groups in total. The summed E-state index contributed by atoms with van der Waals surface area (Å²) in [5.74, 6) is -0.152. The van der Waals surface area contributed by atoms with Gasteiger partial charge in [0.05, 0.1) is 0 Å². The molecular weight excluding hydrogens is 251 g/mol. The average Bonchev–Trinajstić information content (AvgIpc) is 2.42. The molecule has 0 aliphatic rings. The molecule has 106 valence electrons. The first-order valence-electron chi connectivity index (χ1n) is 6.78. The Morgan fingerprint density at radius 1 is 1.20 bits per heavy atom. The highest BCUT2D eigenvalue weighted by molar-refractivity contribution is 5.47. The maximum Gasteiger partial charge on any atom is 0.127 e. The molecular formula is C17H21FN2. The molecule has 1 unspecified atom stereocenters. The van der Waals surface area contributed by atoms with E-state index in [0.717, 1.165) is 23.4 Å². The summed E-state index contributed by atoms with van der Waals surface area (Å²) in [5, 5.41) is 0. The number of halogens is 1. The van der Waals surface area contributed by atoms with Crippen molar-refractivity contribution in [2.45, 2.75) is 26.4 Å². The molecule has 2 aromatic rings. The third-order valence-electron chi connectivity index (χ3n) is 3.78. The van der Waals surface area contributed by atoms with Crippen LogP contribution in [0.2, 0.25) is 0 Å². The van der Waals surface area contributed by atoms with E-state index in [9.17, 15) is 4.39 Å². The van der Waals surface area contributed by atoms with Crippen LogP contribution in [-0.4, -0.2) is 11.9 Å². The molecule has 2 rings (SSSR count). The summed E-state index contributed by atoms with van der Waals surface area (Å²) >= 11 is 0. The topological polar surface area (TPSA) is 29.3 Å². The highest BCUT2D eigenvalue weighted by atomic mass is 19.1. The molecule has 0 heterocycles. The zero-order valence-corrected chi connectivity index (χ0v) is 12.2. The molecule has 0 aliphatic heterocycles. The standard InChI is InChI=1S/C17H21FN2/c1-12-10-14(8-9-17(12)19)11-20(3)13(2)15-6-4-5-7-16(15)18/h4-10,13H,11,19H2,1-3H3. The van der Waals surface area contributed by atoms with Crippen molar-refractivity contribution >= 4 is 5.69 Å². The lowest BCUT2D eigenvalue weighted by Gasteiger charge is -2.25. The third-order valence-corrected chi connectivity index (χ3v) is 3.78. The Morgan fingerprint density at radius 3 is 2.55 bits per heavy atom. The number of aryl methyl sites for hydroxylation is 1. The quantitative estimate of drug-likeness (QED) is 0.855. The van der Waals surface area contributed by atoms with E-state index < -0.39 is 0 Å². The van der Waals surface area contributed by atoms with Gasteiger partial charge in [-0.25, -0.2) is 4.39 Å². The van der Waals surface area contributed by atoms with Crippen molar-refractivity contribution in [2.75, 3.05) is 12.8 Å². The van der Waals surface area contributed by atoms with E-state index >= 15 is 0 Å². The van der Waals surface area contributed by atoms with Crippen LogP contribution < -0.4 is 5.73 Å². The second kappa shape index (κ2) is 6.06. The van der Waals surface area contributed by atoms with Gasteiger partial charge in [0.1, 0.15) is 5.82 Å². The Kier molecular flexibility index (Phi) is 4.40. The van der Waals surface area contributed by atoms with Crippen LogP contribution in [-0.2, 0) is 6.54 Å². The van der Waals surface area contributed by atoms with Gasteiger partial charge in [0.2, 0.25) is 0 Å². The van der Waals surface area contributed by atoms with Crippen LogP contribution in [0.3, 0.4) is 0 Å². The van der Waals surface area contributed by atoms with E-state index in [4.69, 9.17) is 5.73 Å². The van der Waals surface area contributed by atoms with Gasteiger partial charge in [-0.2, -0.15) is 0 Å². The largest absolute Gasteiger partial charge is 0.399 e. The lowest BCUT2D eigenvalue weighted by atomic mass is 10.0. The van der Waals surface area contributed by atoms with Crippen LogP contribution in [0, 0.1) is 12.7 Å². The molecule has 0 saturated carbocycles. The monoisotopic (exact) mass is 272 g/mol. The first kappa shape index (κ1) is 14.5. The summed E-state index contributed by atoms with van der Waals surface area (Å²) in [6.07, 6.45) is 0. The second-order valence-corrected chi connectivity index (χ2v) is 5.30. The SMILES string of the molecule is Cc1cc(CN(C)C(C)c2ccccc2F)ccc1N. The van der Waals surface area contributed by atoms with Crippen molar-refractivity contribution in [3.05, 3.63) is 65.0 Å². The van der Waals surface area contributed by atoms with E-state index in [1.165, 1.54) is 11.6 Å². The second-order valence-electron chi connectivity index (χ2n) is 5.30. The Balaban J connectivity index is 2.13. The van der Waals surface area contributed by atoms with Crippen LogP contribution >= 0.6 is 0 Å². The maximum atomic E-state index is 13.8. The maximum absolute atomic E-state index is 13.8. The number of rotatable bonds is 4. The van der Waals surface area contributed by atoms with E-state index in [1.807, 2.05) is 45.2 Å². The molecule has 0 saturated heterocycles. The van der Waals surface area contributed by atoms with Gasteiger partial charge in [-0.3, -0.25) is 4.90 Å². The van der Waals surface area contributed by atoms with E-state index in [-0.39, 0.29) is 11.9 Å². The van der Waals surface area contributed by atoms with Gasteiger partial charge in [-0.15, -0.1) is 0 Å². The van der Waals surface area contributed by atoms with Crippen molar-refractivity contribution in [1.82, 2.24) is 4.90 Å². The van der Waals surface area contributed by atoms with Crippen LogP contribution in [0.1, 0.15) is 29.7 Å². The first-order valence-corrected chi connectivity index (χ1v) is 6.78. The fourth-order valence-corrected chi connectivity index (χ4v) is 2.31. The molecule has 0 bridgehead atoms. The number of nitrogen functional groups attached to an aromatic ring is 1. The highest BCUT2D eigenvalue weighted by Gasteiger charge is 2.15. The summed E-state index contributed by atoms with van der Waals surface area (Å²) in [7, 11) is 2.00.